The topological polar surface area (TPSA) is 75.4 Å². The molecule has 1 aromatic carbocycles. The van der Waals surface area contributed by atoms with Crippen molar-refractivity contribution in [2.24, 2.45) is 0 Å². The molecule has 0 bridgehead atoms. The van der Waals surface area contributed by atoms with Crippen LogP contribution in [0.3, 0.4) is 0 Å². The van der Waals surface area contributed by atoms with Crippen LogP contribution in [0.4, 0.5) is 11.4 Å². The smallest absolute Gasteiger partial charge is 0.246 e. The highest BCUT2D eigenvalue weighted by Crippen LogP contribution is 2.26. The van der Waals surface area contributed by atoms with Gasteiger partial charge in [-0.3, -0.25) is 14.9 Å². The summed E-state index contributed by atoms with van der Waals surface area (Å²) in [4.78, 5) is 24.1. The molecular formula is C10H10BrN3O2. The van der Waals surface area contributed by atoms with Crippen LogP contribution < -0.4 is 16.0 Å². The van der Waals surface area contributed by atoms with Crippen molar-refractivity contribution in [1.29, 1.82) is 0 Å². The van der Waals surface area contributed by atoms with E-state index in [1.807, 2.05) is 6.07 Å². The minimum atomic E-state index is -0.307. The summed E-state index contributed by atoms with van der Waals surface area (Å²) >= 11 is 3.30. The first-order chi connectivity index (χ1) is 7.56. The molecule has 6 heteroatoms. The van der Waals surface area contributed by atoms with Gasteiger partial charge < -0.3 is 10.6 Å². The molecule has 16 heavy (non-hydrogen) atoms. The average Bonchev–Trinajstić information content (AvgIpc) is 2.15. The molecule has 1 aromatic rings. The van der Waals surface area contributed by atoms with Gasteiger partial charge in [-0.25, -0.2) is 0 Å². The zero-order valence-corrected chi connectivity index (χ0v) is 9.95. The molecule has 0 unspecified atom stereocenters. The molecule has 1 heterocycles. The Morgan fingerprint density at radius 1 is 1.25 bits per heavy atom. The molecule has 2 rings (SSSR count). The second-order valence-corrected chi connectivity index (χ2v) is 4.45. The van der Waals surface area contributed by atoms with E-state index in [2.05, 4.69) is 21.2 Å². The number of halogens is 1. The second kappa shape index (κ2) is 4.13. The summed E-state index contributed by atoms with van der Waals surface area (Å²) in [6.45, 7) is 0.301. The molecule has 84 valence electrons. The lowest BCUT2D eigenvalue weighted by atomic mass is 10.2. The number of hydrogen-bond donors (Lipinski definition) is 2. The van der Waals surface area contributed by atoms with Gasteiger partial charge in [-0.15, -0.1) is 0 Å². The third-order valence-corrected chi connectivity index (χ3v) is 2.77. The molecule has 0 aliphatic carbocycles. The fraction of sp³-hybridized carbons (Fsp3) is 0.200. The Kier molecular flexibility index (Phi) is 2.82. The largest absolute Gasteiger partial charge is 0.397 e. The Labute approximate surface area is 101 Å². The number of nitrogens with two attached hydrogens (primary N) is 1. The molecule has 2 amide bonds. The van der Waals surface area contributed by atoms with Gasteiger partial charge in [0.15, 0.2) is 0 Å². The lowest BCUT2D eigenvalue weighted by molar-refractivity contribution is -0.130. The second-order valence-electron chi connectivity index (χ2n) is 3.53. The van der Waals surface area contributed by atoms with Crippen LogP contribution in [0.25, 0.3) is 0 Å². The summed E-state index contributed by atoms with van der Waals surface area (Å²) in [6, 6.07) is 5.35. The van der Waals surface area contributed by atoms with Crippen LogP contribution in [0.15, 0.2) is 22.7 Å². The molecule has 3 N–H and O–H groups in total. The minimum absolute atomic E-state index is 0.150. The number of nitrogen functional groups attached to an aromatic ring is 1. The summed E-state index contributed by atoms with van der Waals surface area (Å²) in [6.07, 6.45) is 0. The molecule has 1 fully saturated rings. The van der Waals surface area contributed by atoms with E-state index < -0.39 is 0 Å². The monoisotopic (exact) mass is 283 g/mol. The van der Waals surface area contributed by atoms with Gasteiger partial charge in [0.2, 0.25) is 11.8 Å². The van der Waals surface area contributed by atoms with Crippen molar-refractivity contribution in [2.45, 2.75) is 0 Å². The molecule has 1 aliphatic rings. The molecule has 1 aliphatic heterocycles. The average molecular weight is 284 g/mol. The number of hydrogen-bond acceptors (Lipinski definition) is 4. The van der Waals surface area contributed by atoms with E-state index in [1.165, 1.54) is 0 Å². The number of nitrogens with one attached hydrogen (secondary N) is 1. The van der Waals surface area contributed by atoms with E-state index in [0.717, 1.165) is 4.47 Å². The van der Waals surface area contributed by atoms with Crippen molar-refractivity contribution >= 4 is 39.1 Å². The number of nitrogens with zero attached hydrogens (tertiary/aromatic N) is 1. The zero-order valence-electron chi connectivity index (χ0n) is 8.37. The Morgan fingerprint density at radius 3 is 2.44 bits per heavy atom. The van der Waals surface area contributed by atoms with Crippen LogP contribution in [0.2, 0.25) is 0 Å². The highest BCUT2D eigenvalue weighted by Gasteiger charge is 2.23. The molecule has 0 radical (unpaired) electrons. The fourth-order valence-electron chi connectivity index (χ4n) is 1.62. The summed E-state index contributed by atoms with van der Waals surface area (Å²) in [5.74, 6) is -0.614. The Morgan fingerprint density at radius 2 is 1.88 bits per heavy atom. The van der Waals surface area contributed by atoms with Crippen molar-refractivity contribution in [3.05, 3.63) is 22.7 Å². The van der Waals surface area contributed by atoms with E-state index >= 15 is 0 Å². The predicted octanol–water partition coefficient (Wildman–Crippen LogP) is 0.494. The maximum absolute atomic E-state index is 11.2. The highest BCUT2D eigenvalue weighted by molar-refractivity contribution is 9.10. The summed E-state index contributed by atoms with van der Waals surface area (Å²) in [5.41, 5.74) is 7.07. The number of carbonyl (C=O) groups is 2. The van der Waals surface area contributed by atoms with E-state index in [1.54, 1.807) is 17.0 Å². The van der Waals surface area contributed by atoms with Crippen molar-refractivity contribution in [1.82, 2.24) is 5.32 Å². The van der Waals surface area contributed by atoms with Gasteiger partial charge in [0.1, 0.15) is 0 Å². The standard InChI is InChI=1S/C10H10BrN3O2/c11-6-1-2-8(7(12)3-6)14-4-9(15)13-10(16)5-14/h1-3H,4-5,12H2,(H,13,15,16). The van der Waals surface area contributed by atoms with Gasteiger partial charge in [-0.1, -0.05) is 15.9 Å². The van der Waals surface area contributed by atoms with Gasteiger partial charge >= 0.3 is 0 Å². The van der Waals surface area contributed by atoms with Gasteiger partial charge in [-0.2, -0.15) is 0 Å². The van der Waals surface area contributed by atoms with Gasteiger partial charge in [0.25, 0.3) is 0 Å². The molecule has 5 nitrogen and oxygen atoms in total. The number of benzene rings is 1. The van der Waals surface area contributed by atoms with Crippen LogP contribution in [-0.4, -0.2) is 24.9 Å². The Hall–Kier alpha value is -1.56. The summed E-state index contributed by atoms with van der Waals surface area (Å²) in [7, 11) is 0. The summed E-state index contributed by atoms with van der Waals surface area (Å²) < 4.78 is 0.863. The number of amides is 2. The molecule has 0 saturated carbocycles. The third-order valence-electron chi connectivity index (χ3n) is 2.28. The fourth-order valence-corrected chi connectivity index (χ4v) is 2.00. The maximum atomic E-state index is 11.2. The highest BCUT2D eigenvalue weighted by atomic mass is 79.9. The third kappa shape index (κ3) is 2.16. The number of imide groups is 1. The van der Waals surface area contributed by atoms with Crippen molar-refractivity contribution in [3.63, 3.8) is 0 Å². The van der Waals surface area contributed by atoms with Crippen LogP contribution in [0, 0.1) is 0 Å². The number of piperazine rings is 1. The zero-order chi connectivity index (χ0) is 11.7. The molecule has 0 spiro atoms. The Bertz CT molecular complexity index is 445. The lowest BCUT2D eigenvalue weighted by Crippen LogP contribution is -2.51. The molecular weight excluding hydrogens is 274 g/mol. The predicted molar refractivity (Wildman–Crippen MR) is 63.9 cm³/mol. The van der Waals surface area contributed by atoms with Crippen molar-refractivity contribution < 1.29 is 9.59 Å². The first-order valence-electron chi connectivity index (χ1n) is 4.69. The van der Waals surface area contributed by atoms with Crippen LogP contribution in [0.5, 0.6) is 0 Å². The van der Waals surface area contributed by atoms with Crippen molar-refractivity contribution in [2.75, 3.05) is 23.7 Å². The van der Waals surface area contributed by atoms with E-state index in [9.17, 15) is 9.59 Å². The van der Waals surface area contributed by atoms with Gasteiger partial charge in [0, 0.05) is 4.47 Å². The van der Waals surface area contributed by atoms with Crippen LogP contribution >= 0.6 is 15.9 Å². The minimum Gasteiger partial charge on any atom is -0.397 e. The van der Waals surface area contributed by atoms with Crippen LogP contribution in [-0.2, 0) is 9.59 Å². The maximum Gasteiger partial charge on any atom is 0.246 e. The van der Waals surface area contributed by atoms with Crippen LogP contribution in [0.1, 0.15) is 0 Å². The van der Waals surface area contributed by atoms with Gasteiger partial charge in [-0.05, 0) is 18.2 Å². The van der Waals surface area contributed by atoms with Crippen molar-refractivity contribution in [3.8, 4) is 0 Å². The SMILES string of the molecule is Nc1cc(Br)ccc1N1CC(=O)NC(=O)C1. The number of rotatable bonds is 1. The molecule has 1 saturated heterocycles. The molecule has 0 aromatic heterocycles. The normalized spacial score (nSPS) is 16.2. The van der Waals surface area contributed by atoms with E-state index in [4.69, 9.17) is 5.73 Å². The van der Waals surface area contributed by atoms with Gasteiger partial charge in [0.05, 0.1) is 24.5 Å². The first kappa shape index (κ1) is 10.9. The van der Waals surface area contributed by atoms with E-state index in [-0.39, 0.29) is 24.9 Å². The number of carbonyl (C=O) groups excluding carboxylic acids is 2. The lowest BCUT2D eigenvalue weighted by Gasteiger charge is -2.28. The molecule has 0 atom stereocenters. The van der Waals surface area contributed by atoms with E-state index in [0.29, 0.717) is 11.4 Å². The summed E-state index contributed by atoms with van der Waals surface area (Å²) in [5, 5.41) is 2.24. The first-order valence-corrected chi connectivity index (χ1v) is 5.48. The Balaban J connectivity index is 2.29. The number of anilines is 2. The quantitative estimate of drug-likeness (QED) is 0.581.